The molecule has 3 rings (SSSR count). The van der Waals surface area contributed by atoms with Gasteiger partial charge in [0.25, 0.3) is 0 Å². The molecule has 0 aliphatic heterocycles. The smallest absolute Gasteiger partial charge is 0.243 e. The molecular weight excluding hydrogens is 463 g/mol. The van der Waals surface area contributed by atoms with E-state index in [9.17, 15) is 14.0 Å². The molecule has 0 heterocycles. The van der Waals surface area contributed by atoms with Crippen LogP contribution in [0.5, 0.6) is 0 Å². The number of rotatable bonds is 12. The minimum absolute atomic E-state index is 0.0321. The Morgan fingerprint density at radius 2 is 1.49 bits per heavy atom. The number of carbonyl (C=O) groups is 2. The van der Waals surface area contributed by atoms with Crippen molar-refractivity contribution in [3.05, 3.63) is 107 Å². The van der Waals surface area contributed by atoms with Gasteiger partial charge in [-0.05, 0) is 41.0 Å². The SMILES string of the molecule is CC(C)CNC(=O)[C@@H](Cc1ccccc1)N(Cc1ccccc1F)C(=O)CCc1ccc(C(C)C)cc1. The zero-order chi connectivity index (χ0) is 26.8. The van der Waals surface area contributed by atoms with Crippen LogP contribution in [0.1, 0.15) is 62.3 Å². The van der Waals surface area contributed by atoms with Crippen LogP contribution >= 0.6 is 0 Å². The number of hydrogen-bond donors (Lipinski definition) is 1. The molecule has 2 amide bonds. The molecular formula is C32H39FN2O2. The van der Waals surface area contributed by atoms with E-state index in [1.807, 2.05) is 44.2 Å². The van der Waals surface area contributed by atoms with Crippen molar-refractivity contribution in [1.82, 2.24) is 10.2 Å². The van der Waals surface area contributed by atoms with Gasteiger partial charge in [-0.25, -0.2) is 4.39 Å². The lowest BCUT2D eigenvalue weighted by molar-refractivity contribution is -0.141. The summed E-state index contributed by atoms with van der Waals surface area (Å²) in [5, 5.41) is 3.00. The predicted octanol–water partition coefficient (Wildman–Crippen LogP) is 6.29. The molecule has 0 aliphatic rings. The van der Waals surface area contributed by atoms with Gasteiger partial charge in [0, 0.05) is 31.5 Å². The highest BCUT2D eigenvalue weighted by atomic mass is 19.1. The number of carbonyl (C=O) groups excluding carboxylic acids is 2. The van der Waals surface area contributed by atoms with Crippen LogP contribution in [0.3, 0.4) is 0 Å². The van der Waals surface area contributed by atoms with Gasteiger partial charge in [0.1, 0.15) is 11.9 Å². The monoisotopic (exact) mass is 502 g/mol. The summed E-state index contributed by atoms with van der Waals surface area (Å²) in [6.45, 7) is 8.89. The molecule has 0 radical (unpaired) electrons. The van der Waals surface area contributed by atoms with E-state index in [0.717, 1.165) is 11.1 Å². The molecule has 0 saturated carbocycles. The molecule has 1 N–H and O–H groups in total. The first-order chi connectivity index (χ1) is 17.7. The molecule has 37 heavy (non-hydrogen) atoms. The summed E-state index contributed by atoms with van der Waals surface area (Å²) in [7, 11) is 0. The normalized spacial score (nSPS) is 12.0. The Kier molecular flexibility index (Phi) is 10.4. The molecule has 0 bridgehead atoms. The molecule has 1 atom stereocenters. The van der Waals surface area contributed by atoms with Crippen LogP contribution in [0.2, 0.25) is 0 Å². The lowest BCUT2D eigenvalue weighted by Crippen LogP contribution is -2.51. The fourth-order valence-corrected chi connectivity index (χ4v) is 4.25. The van der Waals surface area contributed by atoms with Crippen LogP contribution in [0, 0.1) is 11.7 Å². The van der Waals surface area contributed by atoms with Crippen molar-refractivity contribution in [2.75, 3.05) is 6.54 Å². The topological polar surface area (TPSA) is 49.4 Å². The molecule has 0 fully saturated rings. The minimum Gasteiger partial charge on any atom is -0.354 e. The van der Waals surface area contributed by atoms with Gasteiger partial charge < -0.3 is 10.2 Å². The highest BCUT2D eigenvalue weighted by Crippen LogP contribution is 2.20. The van der Waals surface area contributed by atoms with E-state index in [1.165, 1.54) is 11.6 Å². The maximum absolute atomic E-state index is 14.7. The number of hydrogen-bond acceptors (Lipinski definition) is 2. The highest BCUT2D eigenvalue weighted by molar-refractivity contribution is 5.88. The average molecular weight is 503 g/mol. The second kappa shape index (κ2) is 13.7. The average Bonchev–Trinajstić information content (AvgIpc) is 2.89. The van der Waals surface area contributed by atoms with E-state index in [-0.39, 0.29) is 36.5 Å². The molecule has 3 aromatic carbocycles. The summed E-state index contributed by atoms with van der Waals surface area (Å²) < 4.78 is 14.7. The van der Waals surface area contributed by atoms with Gasteiger partial charge in [0.2, 0.25) is 11.8 Å². The number of nitrogens with zero attached hydrogens (tertiary/aromatic N) is 1. The minimum atomic E-state index is -0.753. The standard InChI is InChI=1S/C32H39FN2O2/c1-23(2)21-34-32(37)30(20-26-10-6-5-7-11-26)35(22-28-12-8-9-13-29(28)33)31(36)19-16-25-14-17-27(18-15-25)24(3)4/h5-15,17-18,23-24,30H,16,19-22H2,1-4H3,(H,34,37)/t30-/m1/s1. The van der Waals surface area contributed by atoms with Gasteiger partial charge in [0.15, 0.2) is 0 Å². The molecule has 0 unspecified atom stereocenters. The van der Waals surface area contributed by atoms with Crippen LogP contribution in [0.15, 0.2) is 78.9 Å². The Labute approximate surface area is 220 Å². The Morgan fingerprint density at radius 1 is 0.838 bits per heavy atom. The lowest BCUT2D eigenvalue weighted by Gasteiger charge is -2.32. The third-order valence-corrected chi connectivity index (χ3v) is 6.53. The summed E-state index contributed by atoms with van der Waals surface area (Å²) in [6.07, 6.45) is 1.14. The molecule has 196 valence electrons. The van der Waals surface area contributed by atoms with Crippen LogP contribution in [0.25, 0.3) is 0 Å². The predicted molar refractivity (Wildman–Crippen MR) is 148 cm³/mol. The molecule has 3 aromatic rings. The Balaban J connectivity index is 1.88. The second-order valence-corrected chi connectivity index (χ2v) is 10.4. The summed E-state index contributed by atoms with van der Waals surface area (Å²) in [5.74, 6) is -0.0631. The molecule has 0 aromatic heterocycles. The van der Waals surface area contributed by atoms with Crippen molar-refractivity contribution in [2.45, 2.75) is 65.5 Å². The van der Waals surface area contributed by atoms with E-state index in [0.29, 0.717) is 30.9 Å². The Bertz CT molecular complexity index is 1140. The van der Waals surface area contributed by atoms with E-state index in [1.54, 1.807) is 23.1 Å². The van der Waals surface area contributed by atoms with Gasteiger partial charge in [-0.3, -0.25) is 9.59 Å². The highest BCUT2D eigenvalue weighted by Gasteiger charge is 2.30. The Hall–Kier alpha value is -3.47. The number of aryl methyl sites for hydroxylation is 1. The Morgan fingerprint density at radius 3 is 2.11 bits per heavy atom. The van der Waals surface area contributed by atoms with Crippen molar-refractivity contribution < 1.29 is 14.0 Å². The van der Waals surface area contributed by atoms with Crippen molar-refractivity contribution >= 4 is 11.8 Å². The number of benzene rings is 3. The zero-order valence-electron chi connectivity index (χ0n) is 22.4. The van der Waals surface area contributed by atoms with Crippen LogP contribution in [-0.2, 0) is 29.0 Å². The van der Waals surface area contributed by atoms with Crippen molar-refractivity contribution in [1.29, 1.82) is 0 Å². The van der Waals surface area contributed by atoms with Gasteiger partial charge in [-0.1, -0.05) is 100 Å². The maximum atomic E-state index is 14.7. The van der Waals surface area contributed by atoms with Crippen LogP contribution in [0.4, 0.5) is 4.39 Å². The van der Waals surface area contributed by atoms with Gasteiger partial charge in [-0.2, -0.15) is 0 Å². The van der Waals surface area contributed by atoms with Crippen LogP contribution in [-0.4, -0.2) is 29.3 Å². The molecule has 0 aliphatic carbocycles. The van der Waals surface area contributed by atoms with E-state index in [2.05, 4.69) is 43.4 Å². The van der Waals surface area contributed by atoms with Gasteiger partial charge in [-0.15, -0.1) is 0 Å². The summed E-state index contributed by atoms with van der Waals surface area (Å²) in [4.78, 5) is 28.7. The van der Waals surface area contributed by atoms with Gasteiger partial charge >= 0.3 is 0 Å². The first-order valence-electron chi connectivity index (χ1n) is 13.2. The third kappa shape index (κ3) is 8.56. The molecule has 5 heteroatoms. The van der Waals surface area contributed by atoms with E-state index in [4.69, 9.17) is 0 Å². The van der Waals surface area contributed by atoms with E-state index >= 15 is 0 Å². The quantitative estimate of drug-likeness (QED) is 0.316. The van der Waals surface area contributed by atoms with Crippen LogP contribution < -0.4 is 5.32 Å². The fraction of sp³-hybridized carbons (Fsp3) is 0.375. The molecule has 4 nitrogen and oxygen atoms in total. The van der Waals surface area contributed by atoms with E-state index < -0.39 is 6.04 Å². The lowest BCUT2D eigenvalue weighted by atomic mass is 9.99. The first-order valence-corrected chi connectivity index (χ1v) is 13.2. The first kappa shape index (κ1) is 28.1. The third-order valence-electron chi connectivity index (χ3n) is 6.53. The fourth-order valence-electron chi connectivity index (χ4n) is 4.25. The zero-order valence-corrected chi connectivity index (χ0v) is 22.4. The maximum Gasteiger partial charge on any atom is 0.243 e. The number of amides is 2. The van der Waals surface area contributed by atoms with Crippen molar-refractivity contribution in [2.24, 2.45) is 5.92 Å². The van der Waals surface area contributed by atoms with Crippen molar-refractivity contribution in [3.63, 3.8) is 0 Å². The molecule has 0 spiro atoms. The number of nitrogens with one attached hydrogen (secondary N) is 1. The second-order valence-electron chi connectivity index (χ2n) is 10.4. The van der Waals surface area contributed by atoms with Crippen molar-refractivity contribution in [3.8, 4) is 0 Å². The summed E-state index contributed by atoms with van der Waals surface area (Å²) >= 11 is 0. The summed E-state index contributed by atoms with van der Waals surface area (Å²) in [5.41, 5.74) is 3.66. The van der Waals surface area contributed by atoms with Gasteiger partial charge in [0.05, 0.1) is 0 Å². The summed E-state index contributed by atoms with van der Waals surface area (Å²) in [6, 6.07) is 23.6. The number of halogens is 1. The molecule has 0 saturated heterocycles. The largest absolute Gasteiger partial charge is 0.354 e.